The highest BCUT2D eigenvalue weighted by Crippen LogP contribution is 2.22. The maximum atomic E-state index is 12.3. The number of nitrogens with zero attached hydrogens (tertiary/aromatic N) is 1. The molecule has 10 heteroatoms. The molecule has 0 radical (unpaired) electrons. The Morgan fingerprint density at radius 3 is 2.71 bits per heavy atom. The molecule has 2 aliphatic heterocycles. The summed E-state index contributed by atoms with van der Waals surface area (Å²) in [5.74, 6) is -1.32. The summed E-state index contributed by atoms with van der Waals surface area (Å²) in [6, 6.07) is -1.25. The second-order valence-corrected chi connectivity index (χ2v) is 6.00. The Morgan fingerprint density at radius 2 is 2.08 bits per heavy atom. The van der Waals surface area contributed by atoms with Crippen molar-refractivity contribution in [1.29, 1.82) is 0 Å². The molecule has 10 nitrogen and oxygen atoms in total. The fourth-order valence-electron chi connectivity index (χ4n) is 2.90. The van der Waals surface area contributed by atoms with Crippen LogP contribution in [0.5, 0.6) is 0 Å². The number of hydrogen-bond acceptors (Lipinski definition) is 8. The van der Waals surface area contributed by atoms with Crippen molar-refractivity contribution in [2.24, 2.45) is 5.92 Å². The number of aliphatic hydroxyl groups is 4. The standard InChI is InChI=1S/C14H24N2O8/c1-23-3-2-16-5-7(4-9(16)18)13(21)15-10-12(20)11(19)8(6-17)24-14(10)22/h7-8,10-12,14,17,19-20,22H,2-6H2,1H3,(H,15,21)/t7?,8-,10?,11?,12-,14?/m1/s1. The average Bonchev–Trinajstić information content (AvgIpc) is 2.93. The van der Waals surface area contributed by atoms with Gasteiger partial charge in [-0.25, -0.2) is 0 Å². The first kappa shape index (κ1) is 19.0. The van der Waals surface area contributed by atoms with Gasteiger partial charge in [-0.05, 0) is 0 Å². The third-order valence-electron chi connectivity index (χ3n) is 4.36. The highest BCUT2D eigenvalue weighted by molar-refractivity contribution is 5.89. The lowest BCUT2D eigenvalue weighted by Crippen LogP contribution is -2.64. The fraction of sp³-hybridized carbons (Fsp3) is 0.857. The fourth-order valence-corrected chi connectivity index (χ4v) is 2.90. The van der Waals surface area contributed by atoms with Crippen molar-refractivity contribution in [2.45, 2.75) is 37.1 Å². The third-order valence-corrected chi connectivity index (χ3v) is 4.36. The van der Waals surface area contributed by atoms with Gasteiger partial charge in [-0.15, -0.1) is 0 Å². The molecular weight excluding hydrogens is 324 g/mol. The van der Waals surface area contributed by atoms with Gasteiger partial charge in [0.1, 0.15) is 24.4 Å². The number of carbonyl (C=O) groups excluding carboxylic acids is 2. The molecule has 2 fully saturated rings. The van der Waals surface area contributed by atoms with E-state index in [0.717, 1.165) is 0 Å². The van der Waals surface area contributed by atoms with Gasteiger partial charge in [0.25, 0.3) is 0 Å². The Bertz CT molecular complexity index is 462. The lowest BCUT2D eigenvalue weighted by atomic mass is 9.96. The molecule has 0 aromatic carbocycles. The zero-order valence-electron chi connectivity index (χ0n) is 13.4. The summed E-state index contributed by atoms with van der Waals surface area (Å²) >= 11 is 0. The molecule has 138 valence electrons. The number of likely N-dealkylation sites (tertiary alicyclic amines) is 1. The molecule has 2 amide bonds. The molecule has 0 aliphatic carbocycles. The number of aliphatic hydroxyl groups excluding tert-OH is 4. The van der Waals surface area contributed by atoms with Gasteiger partial charge < -0.3 is 40.1 Å². The number of methoxy groups -OCH3 is 1. The van der Waals surface area contributed by atoms with Crippen LogP contribution in [-0.2, 0) is 19.1 Å². The zero-order valence-corrected chi connectivity index (χ0v) is 13.4. The van der Waals surface area contributed by atoms with Gasteiger partial charge in [0.2, 0.25) is 11.8 Å². The van der Waals surface area contributed by atoms with Crippen LogP contribution in [0.2, 0.25) is 0 Å². The molecule has 2 rings (SSSR count). The van der Waals surface area contributed by atoms with Gasteiger partial charge in [-0.2, -0.15) is 0 Å². The lowest BCUT2D eigenvalue weighted by molar-refractivity contribution is -0.254. The molecule has 5 N–H and O–H groups in total. The van der Waals surface area contributed by atoms with E-state index in [1.165, 1.54) is 12.0 Å². The molecule has 6 atom stereocenters. The van der Waals surface area contributed by atoms with Crippen molar-refractivity contribution in [3.05, 3.63) is 0 Å². The highest BCUT2D eigenvalue weighted by Gasteiger charge is 2.45. The molecule has 0 spiro atoms. The normalized spacial score (nSPS) is 36.9. The van der Waals surface area contributed by atoms with Crippen molar-refractivity contribution in [2.75, 3.05) is 33.4 Å². The Morgan fingerprint density at radius 1 is 1.38 bits per heavy atom. The van der Waals surface area contributed by atoms with E-state index in [-0.39, 0.29) is 18.9 Å². The molecule has 0 aromatic rings. The summed E-state index contributed by atoms with van der Waals surface area (Å²) in [7, 11) is 1.52. The second kappa shape index (κ2) is 8.19. The van der Waals surface area contributed by atoms with Crippen molar-refractivity contribution >= 4 is 11.8 Å². The molecule has 0 aromatic heterocycles. The average molecular weight is 348 g/mol. The van der Waals surface area contributed by atoms with E-state index in [2.05, 4.69) is 5.32 Å². The van der Waals surface area contributed by atoms with Crippen molar-refractivity contribution < 1.29 is 39.5 Å². The van der Waals surface area contributed by atoms with Gasteiger partial charge in [0, 0.05) is 26.6 Å². The van der Waals surface area contributed by atoms with Crippen molar-refractivity contribution in [3.63, 3.8) is 0 Å². The quantitative estimate of drug-likeness (QED) is 0.330. The van der Waals surface area contributed by atoms with Gasteiger partial charge in [0.15, 0.2) is 6.29 Å². The predicted molar refractivity (Wildman–Crippen MR) is 78.5 cm³/mol. The van der Waals surface area contributed by atoms with Crippen LogP contribution in [0.25, 0.3) is 0 Å². The maximum Gasteiger partial charge on any atom is 0.225 e. The molecule has 2 aliphatic rings. The van der Waals surface area contributed by atoms with Gasteiger partial charge in [-0.3, -0.25) is 9.59 Å². The number of rotatable bonds is 6. The number of hydrogen-bond donors (Lipinski definition) is 5. The minimum atomic E-state index is -1.58. The monoisotopic (exact) mass is 348 g/mol. The van der Waals surface area contributed by atoms with Crippen LogP contribution in [0.15, 0.2) is 0 Å². The first-order valence-electron chi connectivity index (χ1n) is 7.76. The van der Waals surface area contributed by atoms with Gasteiger partial charge >= 0.3 is 0 Å². The van der Waals surface area contributed by atoms with E-state index in [1.807, 2.05) is 0 Å². The minimum absolute atomic E-state index is 0.0249. The van der Waals surface area contributed by atoms with E-state index in [4.69, 9.17) is 14.6 Å². The highest BCUT2D eigenvalue weighted by atomic mass is 16.6. The van der Waals surface area contributed by atoms with Gasteiger partial charge in [0.05, 0.1) is 19.1 Å². The first-order chi connectivity index (χ1) is 11.4. The van der Waals surface area contributed by atoms with Crippen LogP contribution in [0.3, 0.4) is 0 Å². The van der Waals surface area contributed by atoms with Crippen LogP contribution >= 0.6 is 0 Å². The van der Waals surface area contributed by atoms with Crippen LogP contribution < -0.4 is 5.32 Å². The van der Waals surface area contributed by atoms with Crippen molar-refractivity contribution in [1.82, 2.24) is 10.2 Å². The number of ether oxygens (including phenoxy) is 2. The number of amides is 2. The molecule has 2 heterocycles. The zero-order chi connectivity index (χ0) is 17.9. The third kappa shape index (κ3) is 4.02. The predicted octanol–water partition coefficient (Wildman–Crippen LogP) is -3.60. The van der Waals surface area contributed by atoms with Crippen molar-refractivity contribution in [3.8, 4) is 0 Å². The SMILES string of the molecule is COCCN1CC(C(=O)NC2C(O)O[C@H](CO)C(O)[C@@H]2O)CC1=O. The van der Waals surface area contributed by atoms with Crippen LogP contribution in [0.1, 0.15) is 6.42 Å². The molecule has 0 saturated carbocycles. The smallest absolute Gasteiger partial charge is 0.225 e. The molecule has 24 heavy (non-hydrogen) atoms. The number of nitrogens with one attached hydrogen (secondary N) is 1. The molecule has 0 bridgehead atoms. The maximum absolute atomic E-state index is 12.3. The van der Waals surface area contributed by atoms with Crippen LogP contribution in [-0.4, -0.2) is 101 Å². The second-order valence-electron chi connectivity index (χ2n) is 6.00. The largest absolute Gasteiger partial charge is 0.394 e. The van der Waals surface area contributed by atoms with E-state index in [1.54, 1.807) is 0 Å². The summed E-state index contributed by atoms with van der Waals surface area (Å²) < 4.78 is 9.88. The summed E-state index contributed by atoms with van der Waals surface area (Å²) in [5, 5.41) is 41.1. The summed E-state index contributed by atoms with van der Waals surface area (Å²) in [6.07, 6.45) is -5.65. The summed E-state index contributed by atoms with van der Waals surface area (Å²) in [4.78, 5) is 25.7. The Labute approximate surface area is 139 Å². The Hall–Kier alpha value is -1.30. The summed E-state index contributed by atoms with van der Waals surface area (Å²) in [5.41, 5.74) is 0. The van der Waals surface area contributed by atoms with Crippen LogP contribution in [0, 0.1) is 5.92 Å². The first-order valence-corrected chi connectivity index (χ1v) is 7.76. The molecular formula is C14H24N2O8. The van der Waals surface area contributed by atoms with E-state index in [0.29, 0.717) is 13.2 Å². The van der Waals surface area contributed by atoms with E-state index >= 15 is 0 Å². The topological polar surface area (TPSA) is 149 Å². The molecule has 2 saturated heterocycles. The minimum Gasteiger partial charge on any atom is -0.394 e. The Kier molecular flexibility index (Phi) is 6.49. The lowest BCUT2D eigenvalue weighted by Gasteiger charge is -2.40. The molecule has 4 unspecified atom stereocenters. The van der Waals surface area contributed by atoms with Crippen LogP contribution in [0.4, 0.5) is 0 Å². The van der Waals surface area contributed by atoms with E-state index in [9.17, 15) is 24.9 Å². The van der Waals surface area contributed by atoms with Gasteiger partial charge in [-0.1, -0.05) is 0 Å². The Balaban J connectivity index is 1.93. The number of carbonyl (C=O) groups is 2. The summed E-state index contributed by atoms with van der Waals surface area (Å²) in [6.45, 7) is 0.383. The van der Waals surface area contributed by atoms with E-state index < -0.39 is 49.1 Å².